The Morgan fingerprint density at radius 2 is 1.90 bits per heavy atom. The minimum atomic E-state index is -0.312. The minimum Gasteiger partial charge on any atom is -0.383 e. The third-order valence-electron chi connectivity index (χ3n) is 3.33. The smallest absolute Gasteiger partial charge is 0.131 e. The van der Waals surface area contributed by atoms with Crippen LogP contribution in [0.3, 0.4) is 0 Å². The van der Waals surface area contributed by atoms with Crippen molar-refractivity contribution >= 4 is 21.7 Å². The molecule has 0 amide bonds. The lowest BCUT2D eigenvalue weighted by Gasteiger charge is -2.06. The summed E-state index contributed by atoms with van der Waals surface area (Å²) in [5, 5.41) is 4.44. The van der Waals surface area contributed by atoms with Crippen molar-refractivity contribution in [1.29, 1.82) is 0 Å². The molecule has 2 N–H and O–H groups in total. The van der Waals surface area contributed by atoms with Crippen molar-refractivity contribution in [1.82, 2.24) is 9.78 Å². The van der Waals surface area contributed by atoms with Gasteiger partial charge in [0.05, 0.1) is 5.56 Å². The fraction of sp³-hybridized carbons (Fsp3) is 0.0625. The number of nitrogen functional groups attached to an aromatic ring is 1. The molecule has 5 heteroatoms. The highest BCUT2D eigenvalue weighted by atomic mass is 79.9. The van der Waals surface area contributed by atoms with Gasteiger partial charge in [0.1, 0.15) is 17.3 Å². The summed E-state index contributed by atoms with van der Waals surface area (Å²) in [6, 6.07) is 14.3. The van der Waals surface area contributed by atoms with Crippen molar-refractivity contribution in [2.24, 2.45) is 7.05 Å². The molecule has 3 rings (SSSR count). The predicted octanol–water partition coefficient (Wildman–Crippen LogP) is 4.24. The summed E-state index contributed by atoms with van der Waals surface area (Å²) in [6.07, 6.45) is 0. The molecule has 0 fully saturated rings. The first-order valence-electron chi connectivity index (χ1n) is 6.41. The van der Waals surface area contributed by atoms with Crippen molar-refractivity contribution in [3.63, 3.8) is 0 Å². The van der Waals surface area contributed by atoms with Crippen molar-refractivity contribution in [3.05, 3.63) is 58.8 Å². The van der Waals surface area contributed by atoms with Gasteiger partial charge in [0.15, 0.2) is 0 Å². The van der Waals surface area contributed by atoms with Crippen LogP contribution in [0.5, 0.6) is 0 Å². The van der Waals surface area contributed by atoms with Gasteiger partial charge < -0.3 is 5.73 Å². The first-order chi connectivity index (χ1) is 10.1. The Kier molecular flexibility index (Phi) is 3.51. The quantitative estimate of drug-likeness (QED) is 0.754. The van der Waals surface area contributed by atoms with Crippen LogP contribution in [0.25, 0.3) is 22.4 Å². The second kappa shape index (κ2) is 5.33. The highest BCUT2D eigenvalue weighted by Gasteiger charge is 2.19. The maximum atomic E-state index is 14.1. The molecule has 0 aliphatic rings. The van der Waals surface area contributed by atoms with E-state index in [9.17, 15) is 4.39 Å². The number of benzene rings is 2. The van der Waals surface area contributed by atoms with Gasteiger partial charge in [-0.2, -0.15) is 5.10 Å². The number of nitrogens with two attached hydrogens (primary N) is 1. The number of rotatable bonds is 2. The highest BCUT2D eigenvalue weighted by Crippen LogP contribution is 2.37. The molecule has 0 saturated carbocycles. The molecule has 3 aromatic rings. The lowest BCUT2D eigenvalue weighted by atomic mass is 10.0. The SMILES string of the molecule is Cn1nc(-c2cccc(Br)c2)c(-c2ccccc2F)c1N. The van der Waals surface area contributed by atoms with Crippen LogP contribution >= 0.6 is 15.9 Å². The van der Waals surface area contributed by atoms with Gasteiger partial charge in [-0.3, -0.25) is 4.68 Å². The summed E-state index contributed by atoms with van der Waals surface area (Å²) in [7, 11) is 1.75. The molecule has 0 radical (unpaired) electrons. The third-order valence-corrected chi connectivity index (χ3v) is 3.83. The van der Waals surface area contributed by atoms with Crippen molar-refractivity contribution in [2.45, 2.75) is 0 Å². The van der Waals surface area contributed by atoms with Gasteiger partial charge in [0.2, 0.25) is 0 Å². The number of hydrogen-bond acceptors (Lipinski definition) is 2. The molecule has 0 aliphatic heterocycles. The fourth-order valence-corrected chi connectivity index (χ4v) is 2.70. The lowest BCUT2D eigenvalue weighted by Crippen LogP contribution is -1.98. The van der Waals surface area contributed by atoms with Crippen LogP contribution in [0.15, 0.2) is 53.0 Å². The molecule has 3 nitrogen and oxygen atoms in total. The molecule has 0 unspecified atom stereocenters. The van der Waals surface area contributed by atoms with Crippen LogP contribution in [0, 0.1) is 5.82 Å². The summed E-state index contributed by atoms with van der Waals surface area (Å²) in [5.74, 6) is 0.128. The van der Waals surface area contributed by atoms with Crippen LogP contribution < -0.4 is 5.73 Å². The average molecular weight is 346 g/mol. The van der Waals surface area contributed by atoms with Gasteiger partial charge >= 0.3 is 0 Å². The van der Waals surface area contributed by atoms with E-state index in [1.807, 2.05) is 24.3 Å². The second-order valence-electron chi connectivity index (χ2n) is 4.72. The first kappa shape index (κ1) is 13.8. The highest BCUT2D eigenvalue weighted by molar-refractivity contribution is 9.10. The minimum absolute atomic E-state index is 0.312. The molecule has 2 aromatic carbocycles. The largest absolute Gasteiger partial charge is 0.383 e. The molecule has 0 bridgehead atoms. The number of aromatic nitrogens is 2. The third kappa shape index (κ3) is 2.45. The fourth-order valence-electron chi connectivity index (χ4n) is 2.30. The van der Waals surface area contributed by atoms with Gasteiger partial charge in [-0.05, 0) is 18.2 Å². The summed E-state index contributed by atoms with van der Waals surface area (Å²) in [6.45, 7) is 0. The van der Waals surface area contributed by atoms with Crippen LogP contribution in [0.1, 0.15) is 0 Å². The number of anilines is 1. The van der Waals surface area contributed by atoms with E-state index in [0.29, 0.717) is 22.6 Å². The molecule has 0 spiro atoms. The first-order valence-corrected chi connectivity index (χ1v) is 7.20. The van der Waals surface area contributed by atoms with E-state index in [2.05, 4.69) is 21.0 Å². The number of halogens is 2. The lowest BCUT2D eigenvalue weighted by molar-refractivity contribution is 0.631. The maximum absolute atomic E-state index is 14.1. The standard InChI is InChI=1S/C16H13BrFN3/c1-21-16(19)14(12-7-2-3-8-13(12)18)15(20-21)10-5-4-6-11(17)9-10/h2-9H,19H2,1H3. The Morgan fingerprint density at radius 3 is 2.62 bits per heavy atom. The normalized spacial score (nSPS) is 10.8. The summed E-state index contributed by atoms with van der Waals surface area (Å²) in [4.78, 5) is 0. The zero-order valence-electron chi connectivity index (χ0n) is 11.3. The summed E-state index contributed by atoms with van der Waals surface area (Å²) >= 11 is 3.44. The van der Waals surface area contributed by atoms with Crippen LogP contribution in [0.4, 0.5) is 10.2 Å². The van der Waals surface area contributed by atoms with E-state index in [-0.39, 0.29) is 5.82 Å². The van der Waals surface area contributed by atoms with E-state index in [1.54, 1.807) is 29.9 Å². The van der Waals surface area contributed by atoms with Crippen molar-refractivity contribution in [3.8, 4) is 22.4 Å². The maximum Gasteiger partial charge on any atom is 0.131 e. The van der Waals surface area contributed by atoms with Gasteiger partial charge in [-0.15, -0.1) is 0 Å². The Hall–Kier alpha value is -2.14. The van der Waals surface area contributed by atoms with Crippen LogP contribution in [0.2, 0.25) is 0 Å². The van der Waals surface area contributed by atoms with Crippen molar-refractivity contribution < 1.29 is 4.39 Å². The van der Waals surface area contributed by atoms with E-state index in [4.69, 9.17) is 5.73 Å². The molecule has 1 aromatic heterocycles. The number of hydrogen-bond donors (Lipinski definition) is 1. The average Bonchev–Trinajstić information content (AvgIpc) is 2.76. The van der Waals surface area contributed by atoms with Gasteiger partial charge in [-0.25, -0.2) is 4.39 Å². The Balaban J connectivity index is 2.29. The number of aryl methyl sites for hydroxylation is 1. The van der Waals surface area contributed by atoms with Crippen molar-refractivity contribution in [2.75, 3.05) is 5.73 Å². The van der Waals surface area contributed by atoms with E-state index in [0.717, 1.165) is 10.0 Å². The van der Waals surface area contributed by atoms with E-state index >= 15 is 0 Å². The van der Waals surface area contributed by atoms with E-state index < -0.39 is 0 Å². The summed E-state index contributed by atoms with van der Waals surface area (Å²) in [5.41, 5.74) is 8.73. The second-order valence-corrected chi connectivity index (χ2v) is 5.64. The molecule has 0 saturated heterocycles. The van der Waals surface area contributed by atoms with Gasteiger partial charge in [-0.1, -0.05) is 46.3 Å². The zero-order valence-corrected chi connectivity index (χ0v) is 12.9. The topological polar surface area (TPSA) is 43.8 Å². The molecule has 0 aliphatic carbocycles. The van der Waals surface area contributed by atoms with Crippen LogP contribution in [-0.4, -0.2) is 9.78 Å². The van der Waals surface area contributed by atoms with E-state index in [1.165, 1.54) is 6.07 Å². The molecule has 0 atom stereocenters. The van der Waals surface area contributed by atoms with Gasteiger partial charge in [0, 0.05) is 22.6 Å². The molecule has 21 heavy (non-hydrogen) atoms. The monoisotopic (exact) mass is 345 g/mol. The molecule has 1 heterocycles. The molecule has 106 valence electrons. The summed E-state index contributed by atoms with van der Waals surface area (Å²) < 4.78 is 16.6. The van der Waals surface area contributed by atoms with Crippen LogP contribution in [-0.2, 0) is 7.05 Å². The Bertz CT molecular complexity index is 811. The number of nitrogens with zero attached hydrogens (tertiary/aromatic N) is 2. The zero-order chi connectivity index (χ0) is 15.0. The Labute approximate surface area is 130 Å². The van der Waals surface area contributed by atoms with Gasteiger partial charge in [0.25, 0.3) is 0 Å². The molecular formula is C16H13BrFN3. The molecular weight excluding hydrogens is 333 g/mol. The predicted molar refractivity (Wildman–Crippen MR) is 86.2 cm³/mol. The Morgan fingerprint density at radius 1 is 1.14 bits per heavy atom.